The van der Waals surface area contributed by atoms with Crippen molar-refractivity contribution < 1.29 is 34.7 Å². The Labute approximate surface area is 211 Å². The predicted molar refractivity (Wildman–Crippen MR) is 133 cm³/mol. The zero-order valence-electron chi connectivity index (χ0n) is 21.4. The fourth-order valence-electron chi connectivity index (χ4n) is 8.01. The summed E-state index contributed by atoms with van der Waals surface area (Å²) in [5, 5.41) is 46.4. The Morgan fingerprint density at radius 1 is 1.25 bits per heavy atom. The summed E-state index contributed by atoms with van der Waals surface area (Å²) in [5.74, 6) is -0.726. The quantitative estimate of drug-likeness (QED) is 0.241. The van der Waals surface area contributed by atoms with E-state index in [0.29, 0.717) is 11.5 Å². The van der Waals surface area contributed by atoms with Gasteiger partial charge in [-0.15, -0.1) is 0 Å². The number of hydrogen-bond acceptors (Lipinski definition) is 8. The van der Waals surface area contributed by atoms with Crippen molar-refractivity contribution in [3.63, 3.8) is 0 Å². The minimum Gasteiger partial charge on any atom is -0.496 e. The van der Waals surface area contributed by atoms with Crippen LogP contribution in [0.5, 0.6) is 5.75 Å². The number of nitrogen functional groups attached to an aromatic ring is 1. The molecule has 0 heterocycles. The van der Waals surface area contributed by atoms with Crippen LogP contribution >= 0.6 is 0 Å². The third-order valence-electron chi connectivity index (χ3n) is 9.87. The summed E-state index contributed by atoms with van der Waals surface area (Å²) in [4.78, 5) is 13.4. The molecule has 2 fully saturated rings. The van der Waals surface area contributed by atoms with Gasteiger partial charge in [-0.05, 0) is 59.8 Å². The van der Waals surface area contributed by atoms with Gasteiger partial charge in [0.25, 0.3) is 0 Å². The number of carbonyl (C=O) groups excluding carboxylic acids is 1. The first-order valence-electron chi connectivity index (χ1n) is 12.6. The van der Waals surface area contributed by atoms with Gasteiger partial charge >= 0.3 is 5.97 Å². The lowest BCUT2D eigenvalue weighted by Crippen LogP contribution is -2.66. The second-order valence-corrected chi connectivity index (χ2v) is 11.8. The van der Waals surface area contributed by atoms with E-state index in [-0.39, 0.29) is 45.7 Å². The van der Waals surface area contributed by atoms with Gasteiger partial charge in [0.05, 0.1) is 25.2 Å². The molecule has 6 N–H and O–H groups in total. The standard InChI is InChI=1S/C28H37NO7/c1-13-11-27-14(2)9-17-21(26(17,3)4)16(23(27)32)10-15(12-30)22(31)28(27,34)24(13)36-25(33)20-18(29)7-6-8-19(20)35-5/h6-8,10-11,14,16-17,21-24,30-32,34H,9,12,29H2,1-5H3/t14-,16+,17-,21+,22-,23?,24+,27+,28+/m1/s1. The first-order valence-corrected chi connectivity index (χ1v) is 12.6. The van der Waals surface area contributed by atoms with E-state index in [0.717, 1.165) is 6.42 Å². The minimum absolute atomic E-state index is 0.00336. The maximum atomic E-state index is 13.4. The molecule has 4 aliphatic rings. The second kappa shape index (κ2) is 8.05. The Morgan fingerprint density at radius 2 is 1.94 bits per heavy atom. The largest absolute Gasteiger partial charge is 0.496 e. The number of ether oxygens (including phenoxy) is 2. The Morgan fingerprint density at radius 3 is 2.58 bits per heavy atom. The van der Waals surface area contributed by atoms with Crippen molar-refractivity contribution in [1.82, 2.24) is 0 Å². The normalized spacial score (nSPS) is 42.2. The number of methoxy groups -OCH3 is 1. The van der Waals surface area contributed by atoms with E-state index in [1.165, 1.54) is 7.11 Å². The summed E-state index contributed by atoms with van der Waals surface area (Å²) in [6.45, 7) is 7.57. The van der Waals surface area contributed by atoms with E-state index in [2.05, 4.69) is 13.8 Å². The number of anilines is 1. The van der Waals surface area contributed by atoms with Crippen molar-refractivity contribution in [2.45, 2.75) is 58.0 Å². The van der Waals surface area contributed by atoms with E-state index in [1.807, 2.05) is 6.92 Å². The zero-order valence-corrected chi connectivity index (χ0v) is 21.4. The van der Waals surface area contributed by atoms with Gasteiger partial charge in [-0.1, -0.05) is 39.0 Å². The maximum Gasteiger partial charge on any atom is 0.344 e. The van der Waals surface area contributed by atoms with Crippen molar-refractivity contribution >= 4 is 11.7 Å². The summed E-state index contributed by atoms with van der Waals surface area (Å²) in [6.07, 6.45) is 0.392. The highest BCUT2D eigenvalue weighted by Crippen LogP contribution is 2.72. The van der Waals surface area contributed by atoms with E-state index < -0.39 is 41.9 Å². The summed E-state index contributed by atoms with van der Waals surface area (Å²) in [6, 6.07) is 4.79. The molecule has 9 atom stereocenters. The lowest BCUT2D eigenvalue weighted by atomic mass is 9.58. The second-order valence-electron chi connectivity index (χ2n) is 11.8. The number of aliphatic hydroxyl groups excluding tert-OH is 3. The number of aliphatic hydroxyl groups is 4. The van der Waals surface area contributed by atoms with Crippen LogP contribution in [0.25, 0.3) is 0 Å². The van der Waals surface area contributed by atoms with Crippen LogP contribution in [0.3, 0.4) is 0 Å². The van der Waals surface area contributed by atoms with Crippen molar-refractivity contribution in [2.24, 2.45) is 34.5 Å². The molecule has 0 amide bonds. The first kappa shape index (κ1) is 25.3. The number of esters is 1. The number of rotatable bonds is 4. The lowest BCUT2D eigenvalue weighted by molar-refractivity contribution is -0.215. The van der Waals surface area contributed by atoms with Gasteiger partial charge in [0.2, 0.25) is 0 Å². The summed E-state index contributed by atoms with van der Waals surface area (Å²) in [5.41, 5.74) is 3.59. The smallest absolute Gasteiger partial charge is 0.344 e. The van der Waals surface area contributed by atoms with Gasteiger partial charge < -0.3 is 35.6 Å². The average molecular weight is 500 g/mol. The Balaban J connectivity index is 1.63. The van der Waals surface area contributed by atoms with Gasteiger partial charge in [0.15, 0.2) is 6.10 Å². The molecule has 1 aromatic rings. The molecule has 1 spiro atoms. The SMILES string of the molecule is COc1cccc(N)c1C(=O)O[C@H]1C(C)=C[C@]23C(O)[C@@H](C=C(CO)[C@@H](O)[C@]12O)[C@H]1[C@@H](C[C@H]3C)C1(C)C. The molecule has 8 nitrogen and oxygen atoms in total. The number of fused-ring (bicyclic) bond motifs is 3. The van der Waals surface area contributed by atoms with Crippen molar-refractivity contribution in [2.75, 3.05) is 19.5 Å². The van der Waals surface area contributed by atoms with Crippen LogP contribution in [-0.4, -0.2) is 64.0 Å². The van der Waals surface area contributed by atoms with Crippen molar-refractivity contribution in [3.8, 4) is 5.75 Å². The van der Waals surface area contributed by atoms with Crippen LogP contribution in [0.4, 0.5) is 5.69 Å². The molecular weight excluding hydrogens is 462 g/mol. The van der Waals surface area contributed by atoms with E-state index in [1.54, 1.807) is 37.3 Å². The Bertz CT molecular complexity index is 1160. The lowest BCUT2D eigenvalue weighted by Gasteiger charge is -2.52. The van der Waals surface area contributed by atoms with Gasteiger partial charge in [-0.3, -0.25) is 0 Å². The molecule has 4 aliphatic carbocycles. The minimum atomic E-state index is -2.10. The molecule has 0 saturated heterocycles. The first-order chi connectivity index (χ1) is 16.9. The van der Waals surface area contributed by atoms with Crippen LogP contribution in [0.1, 0.15) is 44.5 Å². The molecule has 0 radical (unpaired) electrons. The zero-order chi connectivity index (χ0) is 26.4. The summed E-state index contributed by atoms with van der Waals surface area (Å²) < 4.78 is 11.2. The van der Waals surface area contributed by atoms with E-state index >= 15 is 0 Å². The monoisotopic (exact) mass is 499 g/mol. The highest BCUT2D eigenvalue weighted by atomic mass is 16.6. The molecule has 196 valence electrons. The van der Waals surface area contributed by atoms with Crippen molar-refractivity contribution in [1.29, 1.82) is 0 Å². The molecule has 8 heteroatoms. The molecule has 2 saturated carbocycles. The van der Waals surface area contributed by atoms with Gasteiger partial charge in [0.1, 0.15) is 23.0 Å². The topological polar surface area (TPSA) is 142 Å². The Hall–Kier alpha value is -2.39. The van der Waals surface area contributed by atoms with E-state index in [4.69, 9.17) is 15.2 Å². The molecular formula is C28H37NO7. The number of carbonyl (C=O) groups is 1. The number of nitrogens with two attached hydrogens (primary N) is 1. The highest BCUT2D eigenvalue weighted by Gasteiger charge is 2.76. The average Bonchev–Trinajstić information content (AvgIpc) is 3.32. The summed E-state index contributed by atoms with van der Waals surface area (Å²) >= 11 is 0. The van der Waals surface area contributed by atoms with E-state index in [9.17, 15) is 25.2 Å². The fourth-order valence-corrected chi connectivity index (χ4v) is 8.01. The predicted octanol–water partition coefficient (Wildman–Crippen LogP) is 2.06. The number of benzene rings is 1. The van der Waals surface area contributed by atoms with Crippen LogP contribution in [0, 0.1) is 34.5 Å². The van der Waals surface area contributed by atoms with Crippen LogP contribution < -0.4 is 10.5 Å². The number of hydrogen-bond donors (Lipinski definition) is 5. The van der Waals surface area contributed by atoms with Gasteiger partial charge in [-0.2, -0.15) is 0 Å². The molecule has 2 bridgehead atoms. The molecule has 1 aromatic carbocycles. The third kappa shape index (κ3) is 2.99. The van der Waals surface area contributed by atoms with Gasteiger partial charge in [0, 0.05) is 11.6 Å². The molecule has 0 aliphatic heterocycles. The highest BCUT2D eigenvalue weighted by molar-refractivity contribution is 5.98. The fraction of sp³-hybridized carbons (Fsp3) is 0.607. The van der Waals surface area contributed by atoms with Gasteiger partial charge in [-0.25, -0.2) is 4.79 Å². The van der Waals surface area contributed by atoms with Crippen LogP contribution in [-0.2, 0) is 4.74 Å². The molecule has 1 unspecified atom stereocenters. The summed E-state index contributed by atoms with van der Waals surface area (Å²) in [7, 11) is 1.42. The molecule has 0 aromatic heterocycles. The van der Waals surface area contributed by atoms with Crippen LogP contribution in [0.15, 0.2) is 41.5 Å². The maximum absolute atomic E-state index is 13.4. The third-order valence-corrected chi connectivity index (χ3v) is 9.87. The molecule has 36 heavy (non-hydrogen) atoms. The van der Waals surface area contributed by atoms with Crippen LogP contribution in [0.2, 0.25) is 0 Å². The van der Waals surface area contributed by atoms with Crippen molar-refractivity contribution in [3.05, 3.63) is 47.1 Å². The molecule has 5 rings (SSSR count). The Kier molecular flexibility index (Phi) is 5.65.